The zero-order valence-electron chi connectivity index (χ0n) is 12.8. The highest BCUT2D eigenvalue weighted by Crippen LogP contribution is 2.30. The first-order valence-corrected chi connectivity index (χ1v) is 7.56. The van der Waals surface area contributed by atoms with Crippen molar-refractivity contribution >= 4 is 5.91 Å². The Kier molecular flexibility index (Phi) is 4.81. The Bertz CT molecular complexity index is 468. The van der Waals surface area contributed by atoms with Gasteiger partial charge in [0.2, 0.25) is 5.91 Å². The summed E-state index contributed by atoms with van der Waals surface area (Å²) in [6.07, 6.45) is 3.15. The Morgan fingerprint density at radius 2 is 2.15 bits per heavy atom. The molecule has 1 aliphatic heterocycles. The minimum absolute atomic E-state index is 0.0466. The summed E-state index contributed by atoms with van der Waals surface area (Å²) < 4.78 is 0. The molecule has 1 aliphatic rings. The number of amides is 1. The van der Waals surface area contributed by atoms with Crippen LogP contribution in [0.2, 0.25) is 0 Å². The molecule has 1 amide bonds. The molecule has 1 fully saturated rings. The fraction of sp³-hybridized carbons (Fsp3) is 0.588. The first-order valence-electron chi connectivity index (χ1n) is 7.56. The molecular weight excluding hydrogens is 248 g/mol. The van der Waals surface area contributed by atoms with Crippen molar-refractivity contribution in [3.8, 4) is 0 Å². The predicted molar refractivity (Wildman–Crippen MR) is 82.7 cm³/mol. The molecule has 0 spiro atoms. The van der Waals surface area contributed by atoms with Crippen LogP contribution in [0, 0.1) is 12.3 Å². The van der Waals surface area contributed by atoms with Gasteiger partial charge in [-0.15, -0.1) is 0 Å². The van der Waals surface area contributed by atoms with Crippen LogP contribution in [0.25, 0.3) is 0 Å². The molecule has 1 aromatic carbocycles. The van der Waals surface area contributed by atoms with Crippen LogP contribution < -0.4 is 10.6 Å². The Hall–Kier alpha value is -1.35. The molecule has 0 bridgehead atoms. The van der Waals surface area contributed by atoms with Crippen LogP contribution in [-0.2, 0) is 11.2 Å². The van der Waals surface area contributed by atoms with E-state index in [2.05, 4.69) is 49.6 Å². The third-order valence-electron chi connectivity index (χ3n) is 4.34. The van der Waals surface area contributed by atoms with Gasteiger partial charge in [0.25, 0.3) is 0 Å². The van der Waals surface area contributed by atoms with E-state index < -0.39 is 0 Å². The van der Waals surface area contributed by atoms with Gasteiger partial charge in [0.15, 0.2) is 0 Å². The molecule has 1 heterocycles. The van der Waals surface area contributed by atoms with Crippen molar-refractivity contribution in [1.82, 2.24) is 10.6 Å². The number of carbonyl (C=O) groups is 1. The van der Waals surface area contributed by atoms with E-state index in [1.165, 1.54) is 11.1 Å². The summed E-state index contributed by atoms with van der Waals surface area (Å²) in [6, 6.07) is 8.28. The standard InChI is InChI=1S/C17H26N2O/c1-13-7-4-5-8-14(13)9-12-19-16(20)15-17(2,3)10-6-11-18-15/h4-5,7-8,15,18H,6,9-12H2,1-3H3,(H,19,20). The van der Waals surface area contributed by atoms with E-state index in [0.717, 1.165) is 25.8 Å². The lowest BCUT2D eigenvalue weighted by atomic mass is 9.77. The maximum Gasteiger partial charge on any atom is 0.237 e. The molecule has 20 heavy (non-hydrogen) atoms. The van der Waals surface area contributed by atoms with Crippen LogP contribution in [-0.4, -0.2) is 25.0 Å². The Morgan fingerprint density at radius 3 is 2.85 bits per heavy atom. The number of hydrogen-bond donors (Lipinski definition) is 2. The molecule has 3 heteroatoms. The Morgan fingerprint density at radius 1 is 1.40 bits per heavy atom. The van der Waals surface area contributed by atoms with E-state index >= 15 is 0 Å². The van der Waals surface area contributed by atoms with Gasteiger partial charge in [0.1, 0.15) is 0 Å². The Balaban J connectivity index is 1.85. The lowest BCUT2D eigenvalue weighted by Gasteiger charge is -2.38. The first-order chi connectivity index (χ1) is 9.50. The highest BCUT2D eigenvalue weighted by atomic mass is 16.2. The number of aryl methyl sites for hydroxylation is 1. The monoisotopic (exact) mass is 274 g/mol. The number of rotatable bonds is 4. The van der Waals surface area contributed by atoms with Gasteiger partial charge in [-0.25, -0.2) is 0 Å². The summed E-state index contributed by atoms with van der Waals surface area (Å²) in [6.45, 7) is 8.11. The van der Waals surface area contributed by atoms with E-state index in [-0.39, 0.29) is 17.4 Å². The molecule has 0 aliphatic carbocycles. The topological polar surface area (TPSA) is 41.1 Å². The van der Waals surface area contributed by atoms with Gasteiger partial charge < -0.3 is 10.6 Å². The average molecular weight is 274 g/mol. The summed E-state index contributed by atoms with van der Waals surface area (Å²) in [5.74, 6) is 0.142. The van der Waals surface area contributed by atoms with Gasteiger partial charge in [-0.1, -0.05) is 38.1 Å². The van der Waals surface area contributed by atoms with Gasteiger partial charge in [-0.3, -0.25) is 4.79 Å². The summed E-state index contributed by atoms with van der Waals surface area (Å²) >= 11 is 0. The van der Waals surface area contributed by atoms with Crippen LogP contribution in [0.4, 0.5) is 0 Å². The minimum atomic E-state index is -0.0619. The molecule has 2 N–H and O–H groups in total. The zero-order valence-corrected chi connectivity index (χ0v) is 12.8. The van der Waals surface area contributed by atoms with Crippen LogP contribution >= 0.6 is 0 Å². The summed E-state index contributed by atoms with van der Waals surface area (Å²) in [7, 11) is 0. The van der Waals surface area contributed by atoms with E-state index in [4.69, 9.17) is 0 Å². The van der Waals surface area contributed by atoms with Gasteiger partial charge in [0.05, 0.1) is 6.04 Å². The van der Waals surface area contributed by atoms with Gasteiger partial charge >= 0.3 is 0 Å². The SMILES string of the molecule is Cc1ccccc1CCNC(=O)C1NCCCC1(C)C. The van der Waals surface area contributed by atoms with Crippen LogP contribution in [0.3, 0.4) is 0 Å². The van der Waals surface area contributed by atoms with Crippen molar-refractivity contribution in [2.75, 3.05) is 13.1 Å². The number of benzene rings is 1. The third-order valence-corrected chi connectivity index (χ3v) is 4.34. The minimum Gasteiger partial charge on any atom is -0.354 e. The van der Waals surface area contributed by atoms with Crippen LogP contribution in [0.15, 0.2) is 24.3 Å². The highest BCUT2D eigenvalue weighted by Gasteiger charge is 2.36. The van der Waals surface area contributed by atoms with Gasteiger partial charge in [-0.2, -0.15) is 0 Å². The molecule has 1 unspecified atom stereocenters. The summed E-state index contributed by atoms with van der Waals surface area (Å²) in [5.41, 5.74) is 2.65. The molecular formula is C17H26N2O. The van der Waals surface area contributed by atoms with Crippen molar-refractivity contribution in [2.24, 2.45) is 5.41 Å². The quantitative estimate of drug-likeness (QED) is 0.885. The second-order valence-electron chi connectivity index (χ2n) is 6.45. The average Bonchev–Trinajstić information content (AvgIpc) is 2.40. The number of carbonyl (C=O) groups excluding carboxylic acids is 1. The second-order valence-corrected chi connectivity index (χ2v) is 6.45. The van der Waals surface area contributed by atoms with E-state index in [1.807, 2.05) is 6.07 Å². The maximum absolute atomic E-state index is 12.3. The molecule has 0 radical (unpaired) electrons. The molecule has 1 aromatic rings. The van der Waals surface area contributed by atoms with Crippen molar-refractivity contribution in [1.29, 1.82) is 0 Å². The number of piperidine rings is 1. The fourth-order valence-corrected chi connectivity index (χ4v) is 2.97. The van der Waals surface area contributed by atoms with Crippen LogP contribution in [0.5, 0.6) is 0 Å². The zero-order chi connectivity index (χ0) is 14.6. The summed E-state index contributed by atoms with van der Waals surface area (Å²) in [5, 5.41) is 6.44. The second kappa shape index (κ2) is 6.40. The largest absolute Gasteiger partial charge is 0.354 e. The lowest BCUT2D eigenvalue weighted by molar-refractivity contribution is -0.126. The van der Waals surface area contributed by atoms with E-state index in [9.17, 15) is 4.79 Å². The first kappa shape index (κ1) is 15.0. The van der Waals surface area contributed by atoms with Gasteiger partial charge in [0, 0.05) is 6.54 Å². The Labute approximate surface area is 122 Å². The number of nitrogens with one attached hydrogen (secondary N) is 2. The molecule has 0 saturated carbocycles. The predicted octanol–water partition coefficient (Wildman–Crippen LogP) is 2.43. The highest BCUT2D eigenvalue weighted by molar-refractivity contribution is 5.82. The van der Waals surface area contributed by atoms with E-state index in [1.54, 1.807) is 0 Å². The molecule has 1 saturated heterocycles. The third kappa shape index (κ3) is 3.60. The van der Waals surface area contributed by atoms with Crippen molar-refractivity contribution in [3.63, 3.8) is 0 Å². The smallest absolute Gasteiger partial charge is 0.237 e. The number of hydrogen-bond acceptors (Lipinski definition) is 2. The van der Waals surface area contributed by atoms with Crippen molar-refractivity contribution < 1.29 is 4.79 Å². The van der Waals surface area contributed by atoms with E-state index in [0.29, 0.717) is 6.54 Å². The molecule has 110 valence electrons. The molecule has 1 atom stereocenters. The normalized spacial score (nSPS) is 21.4. The lowest BCUT2D eigenvalue weighted by Crippen LogP contribution is -2.55. The fourth-order valence-electron chi connectivity index (χ4n) is 2.97. The van der Waals surface area contributed by atoms with Gasteiger partial charge in [-0.05, 0) is 49.3 Å². The van der Waals surface area contributed by atoms with Crippen molar-refractivity contribution in [3.05, 3.63) is 35.4 Å². The van der Waals surface area contributed by atoms with Crippen LogP contribution in [0.1, 0.15) is 37.8 Å². The van der Waals surface area contributed by atoms with Crippen molar-refractivity contribution in [2.45, 2.75) is 46.1 Å². The summed E-state index contributed by atoms with van der Waals surface area (Å²) in [4.78, 5) is 12.3. The molecule has 0 aromatic heterocycles. The maximum atomic E-state index is 12.3. The molecule has 2 rings (SSSR count). The molecule has 3 nitrogen and oxygen atoms in total.